The van der Waals surface area contributed by atoms with Crippen LogP contribution in [0.15, 0.2) is 37.4 Å². The summed E-state index contributed by atoms with van der Waals surface area (Å²) in [4.78, 5) is 68.5. The van der Waals surface area contributed by atoms with Crippen LogP contribution >= 0.6 is 0 Å². The Hall–Kier alpha value is -4.01. The second-order valence-electron chi connectivity index (χ2n) is 6.19. The lowest BCUT2D eigenvalue weighted by molar-refractivity contribution is 0.0601. The molecule has 0 atom stereocenters. The third-order valence-electron chi connectivity index (χ3n) is 4.83. The standard InChI is InChI=1S/C18H9N3O6/c1-27-18(26)5-2-3-7-6(4-5)8-9-10(15(23)20-14(9)22)11-12(13(8)19-7)17(25)21-16(11)24/h2-4,19H,1H3,(H,20,22,23)(H,21,24,25). The summed E-state index contributed by atoms with van der Waals surface area (Å²) in [5, 5.41) is 0.531. The Labute approximate surface area is 146 Å². The molecular formula is C18H9N3O6. The summed E-state index contributed by atoms with van der Waals surface area (Å²) in [7, 11) is 1.24. The Morgan fingerprint density at radius 3 is 1.96 bits per heavy atom. The number of nitrogens with one attached hydrogen (secondary N) is 3. The van der Waals surface area contributed by atoms with E-state index in [1.54, 1.807) is 6.07 Å². The van der Waals surface area contributed by atoms with Gasteiger partial charge in [-0.15, -0.1) is 0 Å². The molecule has 0 bridgehead atoms. The predicted molar refractivity (Wildman–Crippen MR) is 98.3 cm³/mol. The van der Waals surface area contributed by atoms with Gasteiger partial charge >= 0.3 is 5.97 Å². The first-order valence-corrected chi connectivity index (χ1v) is 7.87. The summed E-state index contributed by atoms with van der Waals surface area (Å²) in [5.41, 5.74) is -1.76. The van der Waals surface area contributed by atoms with Gasteiger partial charge in [-0.05, 0) is 18.2 Å². The van der Waals surface area contributed by atoms with Gasteiger partial charge in [-0.1, -0.05) is 0 Å². The third kappa shape index (κ3) is 1.74. The molecule has 0 radical (unpaired) electrons. The van der Waals surface area contributed by atoms with E-state index in [4.69, 9.17) is 4.74 Å². The van der Waals surface area contributed by atoms with Crippen LogP contribution in [0.4, 0.5) is 0 Å². The number of aromatic nitrogens is 3. The van der Waals surface area contributed by atoms with E-state index >= 15 is 0 Å². The first kappa shape index (κ1) is 15.3. The maximum Gasteiger partial charge on any atom is 0.337 e. The van der Waals surface area contributed by atoms with Crippen LogP contribution < -0.4 is 22.2 Å². The molecule has 3 aromatic heterocycles. The summed E-state index contributed by atoms with van der Waals surface area (Å²) >= 11 is 0. The van der Waals surface area contributed by atoms with Crippen LogP contribution in [0.2, 0.25) is 0 Å². The van der Waals surface area contributed by atoms with Crippen LogP contribution in [0, 0.1) is 0 Å². The van der Waals surface area contributed by atoms with Gasteiger partial charge in [-0.2, -0.15) is 0 Å². The molecule has 2 aromatic carbocycles. The highest BCUT2D eigenvalue weighted by molar-refractivity contribution is 6.31. The van der Waals surface area contributed by atoms with Crippen LogP contribution in [-0.2, 0) is 4.74 Å². The van der Waals surface area contributed by atoms with E-state index in [0.29, 0.717) is 16.3 Å². The first-order chi connectivity index (χ1) is 12.9. The molecule has 0 aliphatic heterocycles. The number of H-pyrrole nitrogens is 3. The molecule has 0 fully saturated rings. The van der Waals surface area contributed by atoms with Crippen molar-refractivity contribution < 1.29 is 9.53 Å². The zero-order chi connectivity index (χ0) is 19.0. The Bertz CT molecular complexity index is 1660. The predicted octanol–water partition coefficient (Wildman–Crippen LogP) is 0.387. The second-order valence-corrected chi connectivity index (χ2v) is 6.19. The van der Waals surface area contributed by atoms with Crippen LogP contribution in [0.25, 0.3) is 43.4 Å². The number of carbonyl (C=O) groups is 1. The molecule has 132 valence electrons. The number of hydrogen-bond donors (Lipinski definition) is 3. The van der Waals surface area contributed by atoms with Crippen molar-refractivity contribution in [2.45, 2.75) is 0 Å². The number of hydrogen-bond acceptors (Lipinski definition) is 6. The van der Waals surface area contributed by atoms with E-state index in [2.05, 4.69) is 15.0 Å². The molecule has 5 aromatic rings. The van der Waals surface area contributed by atoms with Gasteiger partial charge in [-0.3, -0.25) is 29.1 Å². The average Bonchev–Trinajstić information content (AvgIpc) is 3.25. The molecule has 3 heterocycles. The van der Waals surface area contributed by atoms with Crippen molar-refractivity contribution in [3.8, 4) is 0 Å². The van der Waals surface area contributed by atoms with Crippen molar-refractivity contribution >= 4 is 49.3 Å². The zero-order valence-corrected chi connectivity index (χ0v) is 13.7. The van der Waals surface area contributed by atoms with Crippen molar-refractivity contribution in [2.75, 3.05) is 7.11 Å². The Morgan fingerprint density at radius 2 is 1.33 bits per heavy atom. The highest BCUT2D eigenvalue weighted by Gasteiger charge is 2.24. The molecule has 0 unspecified atom stereocenters. The molecule has 0 saturated heterocycles. The van der Waals surface area contributed by atoms with E-state index in [1.165, 1.54) is 19.2 Å². The van der Waals surface area contributed by atoms with Crippen molar-refractivity contribution in [2.24, 2.45) is 0 Å². The Balaban J connectivity index is 2.20. The number of rotatable bonds is 1. The topological polar surface area (TPSA) is 142 Å². The van der Waals surface area contributed by atoms with Gasteiger partial charge < -0.3 is 9.72 Å². The molecular weight excluding hydrogens is 354 g/mol. The van der Waals surface area contributed by atoms with Crippen LogP contribution in [0.3, 0.4) is 0 Å². The fourth-order valence-corrected chi connectivity index (χ4v) is 3.75. The van der Waals surface area contributed by atoms with Crippen LogP contribution in [-0.4, -0.2) is 28.0 Å². The largest absolute Gasteiger partial charge is 0.465 e. The van der Waals surface area contributed by atoms with Gasteiger partial charge in [0.1, 0.15) is 0 Å². The maximum atomic E-state index is 12.4. The van der Waals surface area contributed by atoms with Crippen LogP contribution in [0.5, 0.6) is 0 Å². The lowest BCUT2D eigenvalue weighted by atomic mass is 10.0. The fourth-order valence-electron chi connectivity index (χ4n) is 3.75. The van der Waals surface area contributed by atoms with E-state index in [1.807, 2.05) is 0 Å². The number of benzene rings is 2. The monoisotopic (exact) mass is 363 g/mol. The van der Waals surface area contributed by atoms with Gasteiger partial charge in [0.25, 0.3) is 22.2 Å². The van der Waals surface area contributed by atoms with Gasteiger partial charge in [-0.25, -0.2) is 4.79 Å². The number of esters is 1. The van der Waals surface area contributed by atoms with Crippen molar-refractivity contribution in [3.63, 3.8) is 0 Å². The lowest BCUT2D eigenvalue weighted by Crippen LogP contribution is -2.08. The Kier molecular flexibility index (Phi) is 2.71. The molecule has 0 aliphatic carbocycles. The minimum Gasteiger partial charge on any atom is -0.465 e. The van der Waals surface area contributed by atoms with Crippen LogP contribution in [0.1, 0.15) is 10.4 Å². The summed E-state index contributed by atoms with van der Waals surface area (Å²) < 4.78 is 4.72. The molecule has 0 saturated carbocycles. The third-order valence-corrected chi connectivity index (χ3v) is 4.83. The Morgan fingerprint density at radius 1 is 0.778 bits per heavy atom. The highest BCUT2D eigenvalue weighted by atomic mass is 16.5. The van der Waals surface area contributed by atoms with Gasteiger partial charge in [0.15, 0.2) is 0 Å². The summed E-state index contributed by atoms with van der Waals surface area (Å²) in [6.07, 6.45) is 0. The molecule has 0 aliphatic rings. The normalized spacial score (nSPS) is 11.9. The van der Waals surface area contributed by atoms with Gasteiger partial charge in [0.2, 0.25) is 0 Å². The average molecular weight is 363 g/mol. The smallest absolute Gasteiger partial charge is 0.337 e. The molecule has 27 heavy (non-hydrogen) atoms. The van der Waals surface area contributed by atoms with E-state index < -0.39 is 28.2 Å². The molecule has 5 rings (SSSR count). The fraction of sp³-hybridized carbons (Fsp3) is 0.0556. The number of fused-ring (bicyclic) bond motifs is 8. The molecule has 3 N–H and O–H groups in total. The lowest BCUT2D eigenvalue weighted by Gasteiger charge is -1.99. The maximum absolute atomic E-state index is 12.4. The SMILES string of the molecule is COC(=O)c1ccc2[nH]c3c4c(=O)[nH]c(=O)c4c4c(=O)[nH]c(=O)c4c3c2c1. The van der Waals surface area contributed by atoms with E-state index in [0.717, 1.165) is 0 Å². The zero-order valence-electron chi connectivity index (χ0n) is 13.7. The summed E-state index contributed by atoms with van der Waals surface area (Å²) in [6.45, 7) is 0. The summed E-state index contributed by atoms with van der Waals surface area (Å²) in [5.74, 6) is -0.572. The van der Waals surface area contributed by atoms with E-state index in [9.17, 15) is 24.0 Å². The number of carbonyl (C=O) groups excluding carboxylic acids is 1. The van der Waals surface area contributed by atoms with E-state index in [-0.39, 0.29) is 32.6 Å². The highest BCUT2D eigenvalue weighted by Crippen LogP contribution is 2.34. The van der Waals surface area contributed by atoms with Crippen molar-refractivity contribution in [3.05, 3.63) is 65.2 Å². The number of ether oxygens (including phenoxy) is 1. The molecule has 9 nitrogen and oxygen atoms in total. The second kappa shape index (κ2) is 4.79. The minimum atomic E-state index is -0.739. The van der Waals surface area contributed by atoms with Gasteiger partial charge in [0, 0.05) is 16.3 Å². The van der Waals surface area contributed by atoms with Crippen molar-refractivity contribution in [1.29, 1.82) is 0 Å². The minimum absolute atomic E-state index is 0.00636. The number of aromatic amines is 3. The van der Waals surface area contributed by atoms with Crippen molar-refractivity contribution in [1.82, 2.24) is 15.0 Å². The molecule has 0 spiro atoms. The quantitative estimate of drug-likeness (QED) is 0.368. The first-order valence-electron chi connectivity index (χ1n) is 7.87. The molecule has 0 amide bonds. The van der Waals surface area contributed by atoms with Gasteiger partial charge in [0.05, 0.1) is 39.7 Å². The molecule has 9 heteroatoms. The summed E-state index contributed by atoms with van der Waals surface area (Å²) in [6, 6.07) is 4.64. The number of methoxy groups -OCH3 is 1.